The number of anilines is 2. The van der Waals surface area contributed by atoms with Gasteiger partial charge in [0, 0.05) is 29.1 Å². The van der Waals surface area contributed by atoms with Crippen molar-refractivity contribution >= 4 is 45.1 Å². The molecule has 1 aromatic heterocycles. The Morgan fingerprint density at radius 3 is 2.13 bits per heavy atom. The maximum atomic E-state index is 11.3. The number of aromatic nitrogens is 1. The molecule has 31 heavy (non-hydrogen) atoms. The lowest BCUT2D eigenvalue weighted by Gasteiger charge is -2.39. The number of carboxylic acids is 1. The molecule has 1 aliphatic rings. The van der Waals surface area contributed by atoms with E-state index in [1.54, 1.807) is 30.3 Å². The molecule has 1 fully saturated rings. The zero-order valence-electron chi connectivity index (χ0n) is 16.4. The number of carboxylic acid groups (broad SMARTS) is 1. The van der Waals surface area contributed by atoms with E-state index in [2.05, 4.69) is 15.6 Å². The highest BCUT2D eigenvalue weighted by molar-refractivity contribution is 5.97. The van der Waals surface area contributed by atoms with Crippen LogP contribution in [0.1, 0.15) is 6.92 Å². The van der Waals surface area contributed by atoms with Gasteiger partial charge in [0.15, 0.2) is 12.3 Å². The summed E-state index contributed by atoms with van der Waals surface area (Å²) in [6, 6.07) is 12.5. The maximum absolute atomic E-state index is 11.3. The number of hydrogen-bond donors (Lipinski definition) is 6. The zero-order chi connectivity index (χ0) is 22.3. The number of pyridine rings is 1. The number of rotatable bonds is 4. The van der Waals surface area contributed by atoms with Gasteiger partial charge in [0.1, 0.15) is 18.3 Å². The van der Waals surface area contributed by atoms with Gasteiger partial charge < -0.3 is 35.8 Å². The smallest absolute Gasteiger partial charge is 0.335 e. The van der Waals surface area contributed by atoms with E-state index >= 15 is 0 Å². The highest BCUT2D eigenvalue weighted by atomic mass is 16.6. The summed E-state index contributed by atoms with van der Waals surface area (Å²) >= 11 is 0. The summed E-state index contributed by atoms with van der Waals surface area (Å²) in [4.78, 5) is 27.2. The molecule has 4 rings (SSSR count). The Kier molecular flexibility index (Phi) is 5.46. The average Bonchev–Trinajstić information content (AvgIpc) is 2.72. The number of nitrogens with one attached hydrogen (secondary N) is 2. The van der Waals surface area contributed by atoms with Gasteiger partial charge in [-0.3, -0.25) is 4.79 Å². The maximum Gasteiger partial charge on any atom is 0.335 e. The van der Waals surface area contributed by atoms with Crippen molar-refractivity contribution in [2.75, 3.05) is 10.6 Å². The number of nitrogens with zero attached hydrogens (tertiary/aromatic N) is 1. The molecule has 2 aromatic carbocycles. The van der Waals surface area contributed by atoms with Crippen molar-refractivity contribution in [1.29, 1.82) is 0 Å². The largest absolute Gasteiger partial charge is 0.479 e. The minimum atomic E-state index is -1.76. The van der Waals surface area contributed by atoms with Crippen LogP contribution < -0.4 is 10.6 Å². The first kappa shape index (κ1) is 20.9. The van der Waals surface area contributed by atoms with E-state index in [4.69, 9.17) is 4.74 Å². The lowest BCUT2D eigenvalue weighted by Crippen LogP contribution is -2.61. The summed E-state index contributed by atoms with van der Waals surface area (Å²) in [6.45, 7) is 1.42. The molecule has 0 aliphatic carbocycles. The van der Waals surface area contributed by atoms with E-state index in [1.165, 1.54) is 6.92 Å². The number of hydrogen-bond acceptors (Lipinski definition) is 8. The number of ether oxygens (including phenoxy) is 1. The molecule has 0 unspecified atom stereocenters. The molecule has 0 radical (unpaired) electrons. The number of fused-ring (bicyclic) bond motifs is 2. The minimum absolute atomic E-state index is 0.190. The lowest BCUT2D eigenvalue weighted by atomic mass is 9.98. The number of carbonyl (C=O) groups excluding carboxylic acids is 1. The first-order chi connectivity index (χ1) is 14.7. The third kappa shape index (κ3) is 4.14. The van der Waals surface area contributed by atoms with Gasteiger partial charge in [-0.2, -0.15) is 0 Å². The van der Waals surface area contributed by atoms with Gasteiger partial charge in [0.25, 0.3) is 0 Å². The fourth-order valence-corrected chi connectivity index (χ4v) is 3.56. The fourth-order valence-electron chi connectivity index (χ4n) is 3.56. The molecule has 1 saturated heterocycles. The van der Waals surface area contributed by atoms with Crippen molar-refractivity contribution in [3.8, 4) is 0 Å². The molecular formula is C21H21N3O7. The first-order valence-corrected chi connectivity index (χ1v) is 9.54. The Labute approximate surface area is 176 Å². The van der Waals surface area contributed by atoms with Crippen molar-refractivity contribution in [3.63, 3.8) is 0 Å². The molecule has 0 spiro atoms. The number of aliphatic hydroxyl groups is 3. The molecule has 0 bridgehead atoms. The fraction of sp³-hybridized carbons (Fsp3) is 0.286. The highest BCUT2D eigenvalue weighted by Gasteiger charge is 2.46. The lowest BCUT2D eigenvalue weighted by molar-refractivity contribution is -0.221. The molecule has 3 aromatic rings. The number of aliphatic hydroxyl groups excluding tert-OH is 3. The zero-order valence-corrected chi connectivity index (χ0v) is 16.4. The van der Waals surface area contributed by atoms with Gasteiger partial charge in [0.05, 0.1) is 11.0 Å². The van der Waals surface area contributed by atoms with Gasteiger partial charge in [-0.1, -0.05) is 12.1 Å². The summed E-state index contributed by atoms with van der Waals surface area (Å²) in [5, 5.41) is 46.4. The van der Waals surface area contributed by atoms with Crippen LogP contribution in [0, 0.1) is 0 Å². The van der Waals surface area contributed by atoms with E-state index in [1.807, 2.05) is 12.1 Å². The van der Waals surface area contributed by atoms with Crippen molar-refractivity contribution in [2.45, 2.75) is 37.6 Å². The molecular weight excluding hydrogens is 406 g/mol. The van der Waals surface area contributed by atoms with E-state index in [0.717, 1.165) is 10.8 Å². The third-order valence-electron chi connectivity index (χ3n) is 5.10. The number of amides is 1. The Balaban J connectivity index is 1.64. The van der Waals surface area contributed by atoms with Crippen LogP contribution in [-0.2, 0) is 14.3 Å². The summed E-state index contributed by atoms with van der Waals surface area (Å²) < 4.78 is 5.25. The molecule has 6 N–H and O–H groups in total. The van der Waals surface area contributed by atoms with Crippen molar-refractivity contribution in [1.82, 2.24) is 4.98 Å². The predicted molar refractivity (Wildman–Crippen MR) is 111 cm³/mol. The van der Waals surface area contributed by atoms with Crippen molar-refractivity contribution in [3.05, 3.63) is 42.5 Å². The SMILES string of the molecule is CC(=O)Nc1ccc2cc3ccc(N[C@@H]4O[C@H](C(=O)O)[C@@H](O)[C@H](O)[C@H]4O)cc3nc2c1. The van der Waals surface area contributed by atoms with E-state index in [0.29, 0.717) is 22.4 Å². The second kappa shape index (κ2) is 8.08. The monoisotopic (exact) mass is 427 g/mol. The van der Waals surface area contributed by atoms with Crippen molar-refractivity contribution < 1.29 is 34.8 Å². The molecule has 1 amide bonds. The van der Waals surface area contributed by atoms with E-state index in [9.17, 15) is 30.0 Å². The second-order valence-corrected chi connectivity index (χ2v) is 7.42. The summed E-state index contributed by atoms with van der Waals surface area (Å²) in [5.74, 6) is -1.64. The Hall–Kier alpha value is -3.31. The average molecular weight is 427 g/mol. The second-order valence-electron chi connectivity index (χ2n) is 7.42. The van der Waals surface area contributed by atoms with Crippen LogP contribution >= 0.6 is 0 Å². The van der Waals surface area contributed by atoms with Crippen LogP contribution in [0.3, 0.4) is 0 Å². The molecule has 1 aliphatic heterocycles. The van der Waals surface area contributed by atoms with Crippen LogP contribution in [0.4, 0.5) is 11.4 Å². The molecule has 5 atom stereocenters. The normalized spacial score (nSPS) is 26.0. The number of benzene rings is 2. The van der Waals surface area contributed by atoms with E-state index < -0.39 is 36.6 Å². The van der Waals surface area contributed by atoms with E-state index in [-0.39, 0.29) is 5.91 Å². The van der Waals surface area contributed by atoms with Crippen LogP contribution in [0.25, 0.3) is 21.8 Å². The molecule has 10 nitrogen and oxygen atoms in total. The van der Waals surface area contributed by atoms with Gasteiger partial charge in [0.2, 0.25) is 5.91 Å². The summed E-state index contributed by atoms with van der Waals surface area (Å²) in [6.07, 6.45) is -7.95. The first-order valence-electron chi connectivity index (χ1n) is 9.54. The van der Waals surface area contributed by atoms with Crippen molar-refractivity contribution in [2.24, 2.45) is 0 Å². The third-order valence-corrected chi connectivity index (χ3v) is 5.10. The standard InChI is InChI=1S/C21H21N3O7/c1-9(25)22-12-4-2-10-6-11-3-5-13(8-15(11)24-14(10)7-12)23-20-18(28)16(26)17(27)19(31-20)21(29)30/h2-8,16-20,23,26-28H,1H3,(H,22,25)(H,29,30)/t16-,17-,18+,19-,20+/m0/s1. The van der Waals surface area contributed by atoms with Crippen LogP contribution in [-0.4, -0.2) is 67.9 Å². The van der Waals surface area contributed by atoms with Gasteiger partial charge in [-0.05, 0) is 30.3 Å². The number of aliphatic carboxylic acids is 1. The molecule has 10 heteroatoms. The molecule has 2 heterocycles. The summed E-state index contributed by atoms with van der Waals surface area (Å²) in [5.41, 5.74) is 2.36. The van der Waals surface area contributed by atoms with Crippen LogP contribution in [0.5, 0.6) is 0 Å². The predicted octanol–water partition coefficient (Wildman–Crippen LogP) is 0.650. The minimum Gasteiger partial charge on any atom is -0.479 e. The Morgan fingerprint density at radius 2 is 1.52 bits per heavy atom. The number of carbonyl (C=O) groups is 2. The highest BCUT2D eigenvalue weighted by Crippen LogP contribution is 2.27. The molecule has 162 valence electrons. The Morgan fingerprint density at radius 1 is 0.903 bits per heavy atom. The van der Waals surface area contributed by atoms with Crippen LogP contribution in [0.2, 0.25) is 0 Å². The van der Waals surface area contributed by atoms with Crippen LogP contribution in [0.15, 0.2) is 42.5 Å². The van der Waals surface area contributed by atoms with Gasteiger partial charge >= 0.3 is 5.97 Å². The van der Waals surface area contributed by atoms with Gasteiger partial charge in [-0.15, -0.1) is 0 Å². The quantitative estimate of drug-likeness (QED) is 0.328. The Bertz CT molecular complexity index is 1170. The topological polar surface area (TPSA) is 161 Å². The summed E-state index contributed by atoms with van der Waals surface area (Å²) in [7, 11) is 0. The van der Waals surface area contributed by atoms with Gasteiger partial charge in [-0.25, -0.2) is 9.78 Å². The molecule has 0 saturated carbocycles.